The Morgan fingerprint density at radius 1 is 1.29 bits per heavy atom. The van der Waals surface area contributed by atoms with Gasteiger partial charge in [0.05, 0.1) is 17.1 Å². The number of hydrogen-bond acceptors (Lipinski definition) is 7. The Kier molecular flexibility index (Phi) is 5.52. The lowest BCUT2D eigenvalue weighted by molar-refractivity contribution is -0.119. The molecule has 1 aliphatic rings. The summed E-state index contributed by atoms with van der Waals surface area (Å²) < 4.78 is 0. The summed E-state index contributed by atoms with van der Waals surface area (Å²) in [7, 11) is 0. The van der Waals surface area contributed by atoms with Gasteiger partial charge in [-0.1, -0.05) is 11.8 Å². The first kappa shape index (κ1) is 18.4. The van der Waals surface area contributed by atoms with Crippen molar-refractivity contribution in [1.29, 1.82) is 0 Å². The molecule has 0 aromatic carbocycles. The Hall–Kier alpha value is -2.94. The van der Waals surface area contributed by atoms with Crippen molar-refractivity contribution in [3.05, 3.63) is 48.5 Å². The highest BCUT2D eigenvalue weighted by Gasteiger charge is 2.26. The summed E-state index contributed by atoms with van der Waals surface area (Å²) in [5.74, 6) is 0.980. The van der Waals surface area contributed by atoms with Gasteiger partial charge in [0.1, 0.15) is 0 Å². The van der Waals surface area contributed by atoms with Crippen LogP contribution in [0.5, 0.6) is 0 Å². The number of aryl methyl sites for hydroxylation is 1. The van der Waals surface area contributed by atoms with E-state index in [0.29, 0.717) is 23.4 Å². The SMILES string of the molecule is Cc1ccnc(SCC(=O)NC2CCN(c3nccc(-c4ccc[nH]4)n3)C2)n1. The third kappa shape index (κ3) is 4.48. The molecule has 28 heavy (non-hydrogen) atoms. The van der Waals surface area contributed by atoms with Gasteiger partial charge in [0.25, 0.3) is 0 Å². The zero-order valence-electron chi connectivity index (χ0n) is 15.5. The molecule has 1 amide bonds. The van der Waals surface area contributed by atoms with Gasteiger partial charge in [0.2, 0.25) is 11.9 Å². The number of amides is 1. The highest BCUT2D eigenvalue weighted by atomic mass is 32.2. The Morgan fingerprint density at radius 3 is 3.00 bits per heavy atom. The molecule has 1 saturated heterocycles. The molecule has 0 aliphatic carbocycles. The molecule has 3 aromatic rings. The molecule has 0 bridgehead atoms. The van der Waals surface area contributed by atoms with Gasteiger partial charge in [-0.05, 0) is 37.6 Å². The number of anilines is 1. The van der Waals surface area contributed by atoms with Crippen LogP contribution >= 0.6 is 11.8 Å². The van der Waals surface area contributed by atoms with Crippen LogP contribution in [0.3, 0.4) is 0 Å². The number of thioether (sulfide) groups is 1. The van der Waals surface area contributed by atoms with Crippen molar-refractivity contribution in [2.24, 2.45) is 0 Å². The van der Waals surface area contributed by atoms with Gasteiger partial charge in [-0.3, -0.25) is 4.79 Å². The average Bonchev–Trinajstić information content (AvgIpc) is 3.39. The predicted octanol–water partition coefficient (Wildman–Crippen LogP) is 2.06. The molecular weight excluding hydrogens is 374 g/mol. The number of aromatic amines is 1. The first-order valence-corrected chi connectivity index (χ1v) is 10.1. The second-order valence-electron chi connectivity index (χ2n) is 6.59. The fourth-order valence-electron chi connectivity index (χ4n) is 3.10. The number of hydrogen-bond donors (Lipinski definition) is 2. The molecule has 2 N–H and O–H groups in total. The van der Waals surface area contributed by atoms with Gasteiger partial charge in [-0.2, -0.15) is 0 Å². The molecule has 3 aromatic heterocycles. The Balaban J connectivity index is 1.30. The third-order valence-electron chi connectivity index (χ3n) is 4.46. The number of carbonyl (C=O) groups excluding carboxylic acids is 1. The normalized spacial score (nSPS) is 16.3. The largest absolute Gasteiger partial charge is 0.360 e. The predicted molar refractivity (Wildman–Crippen MR) is 108 cm³/mol. The minimum Gasteiger partial charge on any atom is -0.360 e. The van der Waals surface area contributed by atoms with Gasteiger partial charge >= 0.3 is 0 Å². The van der Waals surface area contributed by atoms with Crippen LogP contribution < -0.4 is 10.2 Å². The molecule has 9 heteroatoms. The summed E-state index contributed by atoms with van der Waals surface area (Å²) in [6, 6.07) is 7.73. The highest BCUT2D eigenvalue weighted by Crippen LogP contribution is 2.20. The lowest BCUT2D eigenvalue weighted by atomic mass is 10.2. The summed E-state index contributed by atoms with van der Waals surface area (Å²) in [6.07, 6.45) is 6.22. The monoisotopic (exact) mass is 395 g/mol. The average molecular weight is 395 g/mol. The van der Waals surface area contributed by atoms with Crippen molar-refractivity contribution in [3.63, 3.8) is 0 Å². The number of nitrogens with one attached hydrogen (secondary N) is 2. The zero-order valence-corrected chi connectivity index (χ0v) is 16.3. The lowest BCUT2D eigenvalue weighted by Gasteiger charge is -2.17. The first-order valence-electron chi connectivity index (χ1n) is 9.11. The number of H-pyrrole nitrogens is 1. The summed E-state index contributed by atoms with van der Waals surface area (Å²) in [4.78, 5) is 35.0. The van der Waals surface area contributed by atoms with Gasteiger partial charge < -0.3 is 15.2 Å². The summed E-state index contributed by atoms with van der Waals surface area (Å²) in [6.45, 7) is 3.42. The molecule has 8 nitrogen and oxygen atoms in total. The summed E-state index contributed by atoms with van der Waals surface area (Å²) >= 11 is 1.35. The van der Waals surface area contributed by atoms with Crippen LogP contribution in [-0.2, 0) is 4.79 Å². The van der Waals surface area contributed by atoms with E-state index in [-0.39, 0.29) is 11.9 Å². The molecule has 0 saturated carbocycles. The third-order valence-corrected chi connectivity index (χ3v) is 5.32. The molecule has 1 unspecified atom stereocenters. The van der Waals surface area contributed by atoms with E-state index in [1.165, 1.54) is 11.8 Å². The molecule has 4 heterocycles. The van der Waals surface area contributed by atoms with Crippen LogP contribution in [0, 0.1) is 6.92 Å². The Labute approximate surface area is 167 Å². The van der Waals surface area contributed by atoms with Crippen LogP contribution in [0.15, 0.2) is 48.0 Å². The summed E-state index contributed by atoms with van der Waals surface area (Å²) in [5.41, 5.74) is 2.71. The highest BCUT2D eigenvalue weighted by molar-refractivity contribution is 7.99. The van der Waals surface area contributed by atoms with Gasteiger partial charge in [-0.25, -0.2) is 19.9 Å². The molecule has 4 rings (SSSR count). The van der Waals surface area contributed by atoms with Crippen molar-refractivity contribution in [3.8, 4) is 11.4 Å². The zero-order chi connectivity index (χ0) is 19.3. The van der Waals surface area contributed by atoms with Crippen molar-refractivity contribution >= 4 is 23.6 Å². The van der Waals surface area contributed by atoms with Crippen LogP contribution in [0.2, 0.25) is 0 Å². The van der Waals surface area contributed by atoms with Crippen molar-refractivity contribution in [1.82, 2.24) is 30.2 Å². The van der Waals surface area contributed by atoms with E-state index in [2.05, 4.69) is 35.1 Å². The smallest absolute Gasteiger partial charge is 0.230 e. The summed E-state index contributed by atoms with van der Waals surface area (Å²) in [5, 5.41) is 3.71. The number of carbonyl (C=O) groups is 1. The second-order valence-corrected chi connectivity index (χ2v) is 7.54. The van der Waals surface area contributed by atoms with E-state index in [0.717, 1.165) is 30.0 Å². The standard InChI is InChI=1S/C19H21N7OS/c1-13-4-8-22-19(23-13)28-12-17(27)24-14-6-10-26(11-14)18-21-9-5-16(25-18)15-3-2-7-20-15/h2-5,7-9,14,20H,6,10-12H2,1H3,(H,24,27). The van der Waals surface area contributed by atoms with E-state index < -0.39 is 0 Å². The molecule has 1 aliphatic heterocycles. The van der Waals surface area contributed by atoms with E-state index in [9.17, 15) is 4.79 Å². The van der Waals surface area contributed by atoms with Crippen molar-refractivity contribution in [2.45, 2.75) is 24.5 Å². The van der Waals surface area contributed by atoms with E-state index in [4.69, 9.17) is 0 Å². The molecule has 1 fully saturated rings. The lowest BCUT2D eigenvalue weighted by Crippen LogP contribution is -2.38. The van der Waals surface area contributed by atoms with Crippen LogP contribution in [0.4, 0.5) is 5.95 Å². The topological polar surface area (TPSA) is 99.7 Å². The minimum absolute atomic E-state index is 0.0111. The van der Waals surface area contributed by atoms with Crippen LogP contribution in [-0.4, -0.2) is 55.7 Å². The van der Waals surface area contributed by atoms with Crippen LogP contribution in [0.25, 0.3) is 11.4 Å². The minimum atomic E-state index is -0.0111. The quantitative estimate of drug-likeness (QED) is 0.487. The molecule has 0 spiro atoms. The van der Waals surface area contributed by atoms with Gasteiger partial charge in [-0.15, -0.1) is 0 Å². The fourth-order valence-corrected chi connectivity index (χ4v) is 3.78. The second kappa shape index (κ2) is 8.39. The van der Waals surface area contributed by atoms with Crippen molar-refractivity contribution in [2.75, 3.05) is 23.7 Å². The van der Waals surface area contributed by atoms with E-state index in [1.807, 2.05) is 37.4 Å². The first-order chi connectivity index (χ1) is 13.7. The maximum absolute atomic E-state index is 12.3. The maximum Gasteiger partial charge on any atom is 0.230 e. The van der Waals surface area contributed by atoms with E-state index in [1.54, 1.807) is 12.4 Å². The van der Waals surface area contributed by atoms with Crippen LogP contribution in [0.1, 0.15) is 12.1 Å². The van der Waals surface area contributed by atoms with Gasteiger partial charge in [0.15, 0.2) is 5.16 Å². The molecular formula is C19H21N7OS. The maximum atomic E-state index is 12.3. The number of aromatic nitrogens is 5. The van der Waals surface area contributed by atoms with Gasteiger partial charge in [0, 0.05) is 43.4 Å². The number of rotatable bonds is 6. The Bertz CT molecular complexity index is 947. The molecule has 0 radical (unpaired) electrons. The molecule has 1 atom stereocenters. The number of nitrogens with zero attached hydrogens (tertiary/aromatic N) is 5. The van der Waals surface area contributed by atoms with E-state index >= 15 is 0 Å². The molecule has 144 valence electrons. The Morgan fingerprint density at radius 2 is 2.18 bits per heavy atom. The fraction of sp³-hybridized carbons (Fsp3) is 0.316. The van der Waals surface area contributed by atoms with Crippen molar-refractivity contribution < 1.29 is 4.79 Å².